The van der Waals surface area contributed by atoms with Crippen LogP contribution in [-0.4, -0.2) is 33.6 Å². The molecule has 1 fully saturated rings. The molecule has 7 nitrogen and oxygen atoms in total. The molecule has 2 heterocycles. The first kappa shape index (κ1) is 19.7. The minimum absolute atomic E-state index is 0.0281. The summed E-state index contributed by atoms with van der Waals surface area (Å²) in [6.07, 6.45) is 7.12. The SMILES string of the molecule is COc1ccc2[nH]c3c(=O)n(CCC(=O)NC4CCCCCC4)c(=S)[nH]c3c2c1. The van der Waals surface area contributed by atoms with Gasteiger partial charge in [-0.25, -0.2) is 0 Å². The molecule has 0 aliphatic heterocycles. The molecule has 3 aromatic rings. The van der Waals surface area contributed by atoms with Gasteiger partial charge in [0.15, 0.2) is 4.77 Å². The van der Waals surface area contributed by atoms with Crippen LogP contribution >= 0.6 is 12.2 Å². The number of carbonyl (C=O) groups excluding carboxylic acids is 1. The molecule has 4 rings (SSSR count). The molecule has 0 saturated heterocycles. The Morgan fingerprint density at radius 1 is 1.21 bits per heavy atom. The Morgan fingerprint density at radius 2 is 1.97 bits per heavy atom. The van der Waals surface area contributed by atoms with Gasteiger partial charge in [-0.1, -0.05) is 25.7 Å². The minimum Gasteiger partial charge on any atom is -0.497 e. The van der Waals surface area contributed by atoms with Crippen molar-refractivity contribution in [2.45, 2.75) is 57.5 Å². The monoisotopic (exact) mass is 414 g/mol. The summed E-state index contributed by atoms with van der Waals surface area (Å²) in [6, 6.07) is 5.82. The van der Waals surface area contributed by atoms with E-state index in [1.165, 1.54) is 17.4 Å². The van der Waals surface area contributed by atoms with E-state index >= 15 is 0 Å². The predicted octanol–water partition coefficient (Wildman–Crippen LogP) is 3.78. The summed E-state index contributed by atoms with van der Waals surface area (Å²) in [5.74, 6) is 0.678. The zero-order chi connectivity index (χ0) is 20.4. The van der Waals surface area contributed by atoms with Crippen molar-refractivity contribution >= 4 is 40.1 Å². The van der Waals surface area contributed by atoms with Crippen molar-refractivity contribution in [3.05, 3.63) is 33.3 Å². The van der Waals surface area contributed by atoms with Crippen LogP contribution in [0.5, 0.6) is 5.75 Å². The van der Waals surface area contributed by atoms with Crippen LogP contribution in [0.2, 0.25) is 0 Å². The topological polar surface area (TPSA) is 91.9 Å². The maximum absolute atomic E-state index is 13.0. The highest BCUT2D eigenvalue weighted by Gasteiger charge is 2.16. The van der Waals surface area contributed by atoms with Crippen LogP contribution in [-0.2, 0) is 11.3 Å². The Kier molecular flexibility index (Phi) is 5.71. The molecule has 1 saturated carbocycles. The normalized spacial score (nSPS) is 15.5. The molecule has 29 heavy (non-hydrogen) atoms. The molecule has 0 radical (unpaired) electrons. The second kappa shape index (κ2) is 8.41. The fourth-order valence-corrected chi connectivity index (χ4v) is 4.41. The van der Waals surface area contributed by atoms with Crippen LogP contribution in [0, 0.1) is 4.77 Å². The Hall–Kier alpha value is -2.61. The van der Waals surface area contributed by atoms with Crippen molar-refractivity contribution < 1.29 is 9.53 Å². The summed E-state index contributed by atoms with van der Waals surface area (Å²) in [5.41, 5.74) is 1.72. The minimum atomic E-state index is -0.221. The lowest BCUT2D eigenvalue weighted by molar-refractivity contribution is -0.122. The summed E-state index contributed by atoms with van der Waals surface area (Å²) < 4.78 is 7.05. The first-order valence-electron chi connectivity index (χ1n) is 10.2. The summed E-state index contributed by atoms with van der Waals surface area (Å²) in [6.45, 7) is 0.251. The maximum atomic E-state index is 13.0. The van der Waals surface area contributed by atoms with Gasteiger partial charge in [0.25, 0.3) is 5.56 Å². The molecular formula is C21H26N4O3S. The van der Waals surface area contributed by atoms with Gasteiger partial charge in [0.1, 0.15) is 11.3 Å². The Labute approximate surface area is 173 Å². The number of nitrogens with one attached hydrogen (secondary N) is 3. The molecule has 2 aromatic heterocycles. The number of aromatic amines is 2. The number of aromatic nitrogens is 3. The number of methoxy groups -OCH3 is 1. The number of nitrogens with zero attached hydrogens (tertiary/aromatic N) is 1. The van der Waals surface area contributed by atoms with Gasteiger partial charge in [0, 0.05) is 29.9 Å². The average molecular weight is 415 g/mol. The first-order chi connectivity index (χ1) is 14.1. The third kappa shape index (κ3) is 4.07. The molecule has 1 aliphatic rings. The second-order valence-electron chi connectivity index (χ2n) is 7.68. The van der Waals surface area contributed by atoms with E-state index in [-0.39, 0.29) is 30.5 Å². The van der Waals surface area contributed by atoms with Crippen LogP contribution in [0.1, 0.15) is 44.9 Å². The third-order valence-corrected chi connectivity index (χ3v) is 6.05. The molecule has 8 heteroatoms. The Bertz CT molecular complexity index is 1150. The van der Waals surface area contributed by atoms with Crippen molar-refractivity contribution in [1.82, 2.24) is 19.9 Å². The lowest BCUT2D eigenvalue weighted by atomic mass is 10.1. The highest BCUT2D eigenvalue weighted by molar-refractivity contribution is 7.71. The fourth-order valence-electron chi connectivity index (χ4n) is 4.13. The fraction of sp³-hybridized carbons (Fsp3) is 0.476. The number of hydrogen-bond acceptors (Lipinski definition) is 4. The average Bonchev–Trinajstić information content (AvgIpc) is 2.88. The van der Waals surface area contributed by atoms with Crippen molar-refractivity contribution in [3.8, 4) is 5.75 Å². The van der Waals surface area contributed by atoms with Crippen LogP contribution in [0.4, 0.5) is 0 Å². The highest BCUT2D eigenvalue weighted by atomic mass is 32.1. The molecule has 3 N–H and O–H groups in total. The molecular weight excluding hydrogens is 388 g/mol. The Morgan fingerprint density at radius 3 is 2.69 bits per heavy atom. The molecule has 154 valence electrons. The number of benzene rings is 1. The van der Waals surface area contributed by atoms with E-state index < -0.39 is 0 Å². The predicted molar refractivity (Wildman–Crippen MR) is 116 cm³/mol. The van der Waals surface area contributed by atoms with E-state index in [0.717, 1.165) is 36.6 Å². The van der Waals surface area contributed by atoms with Gasteiger partial charge in [-0.2, -0.15) is 0 Å². The molecule has 1 aliphatic carbocycles. The van der Waals surface area contributed by atoms with E-state index in [9.17, 15) is 9.59 Å². The Balaban J connectivity index is 1.56. The van der Waals surface area contributed by atoms with E-state index in [0.29, 0.717) is 21.6 Å². The number of carbonyl (C=O) groups is 1. The summed E-state index contributed by atoms with van der Waals surface area (Å²) in [4.78, 5) is 31.7. The first-order valence-corrected chi connectivity index (χ1v) is 10.6. The highest BCUT2D eigenvalue weighted by Crippen LogP contribution is 2.26. The zero-order valence-electron chi connectivity index (χ0n) is 16.5. The number of rotatable bonds is 5. The van der Waals surface area contributed by atoms with Crippen molar-refractivity contribution in [2.75, 3.05) is 7.11 Å². The molecule has 1 amide bonds. The number of hydrogen-bond donors (Lipinski definition) is 3. The lowest BCUT2D eigenvalue weighted by Crippen LogP contribution is -2.35. The van der Waals surface area contributed by atoms with Crippen molar-refractivity contribution in [3.63, 3.8) is 0 Å². The molecule has 0 unspecified atom stereocenters. The van der Waals surface area contributed by atoms with Crippen molar-refractivity contribution in [2.24, 2.45) is 0 Å². The lowest BCUT2D eigenvalue weighted by Gasteiger charge is -2.16. The summed E-state index contributed by atoms with van der Waals surface area (Å²) in [7, 11) is 1.60. The van der Waals surface area contributed by atoms with E-state index in [1.54, 1.807) is 7.11 Å². The standard InChI is InChI=1S/C21H26N4O3S/c1-28-14-8-9-16-15(12-14)18-19(23-16)20(27)25(21(29)24-18)11-10-17(26)22-13-6-4-2-3-5-7-13/h8-9,12-13,23H,2-7,10-11H2,1H3,(H,22,26)(H,24,29). The number of H-pyrrole nitrogens is 2. The largest absolute Gasteiger partial charge is 0.497 e. The van der Waals surface area contributed by atoms with Crippen LogP contribution in [0.15, 0.2) is 23.0 Å². The number of fused-ring (bicyclic) bond motifs is 3. The smallest absolute Gasteiger partial charge is 0.278 e. The van der Waals surface area contributed by atoms with E-state index in [4.69, 9.17) is 17.0 Å². The molecule has 1 aromatic carbocycles. The van der Waals surface area contributed by atoms with Crippen LogP contribution < -0.4 is 15.6 Å². The van der Waals surface area contributed by atoms with Gasteiger partial charge in [-0.15, -0.1) is 0 Å². The van der Waals surface area contributed by atoms with Crippen LogP contribution in [0.25, 0.3) is 21.9 Å². The summed E-state index contributed by atoms with van der Waals surface area (Å²) >= 11 is 5.42. The van der Waals surface area contributed by atoms with E-state index in [1.807, 2.05) is 18.2 Å². The molecule has 0 atom stereocenters. The van der Waals surface area contributed by atoms with Gasteiger partial charge in [0.05, 0.1) is 12.6 Å². The van der Waals surface area contributed by atoms with Gasteiger partial charge in [-0.05, 0) is 43.3 Å². The third-order valence-electron chi connectivity index (χ3n) is 5.72. The van der Waals surface area contributed by atoms with Gasteiger partial charge >= 0.3 is 0 Å². The van der Waals surface area contributed by atoms with Crippen LogP contribution in [0.3, 0.4) is 0 Å². The molecule has 0 spiro atoms. The van der Waals surface area contributed by atoms with Crippen molar-refractivity contribution in [1.29, 1.82) is 0 Å². The number of amides is 1. The second-order valence-corrected chi connectivity index (χ2v) is 8.07. The maximum Gasteiger partial charge on any atom is 0.278 e. The van der Waals surface area contributed by atoms with Gasteiger partial charge in [-0.3, -0.25) is 14.2 Å². The van der Waals surface area contributed by atoms with E-state index in [2.05, 4.69) is 15.3 Å². The summed E-state index contributed by atoms with van der Waals surface area (Å²) in [5, 5.41) is 3.97. The zero-order valence-corrected chi connectivity index (χ0v) is 17.4. The van der Waals surface area contributed by atoms with Gasteiger partial charge < -0.3 is 20.0 Å². The molecule has 0 bridgehead atoms. The van der Waals surface area contributed by atoms with Gasteiger partial charge in [0.2, 0.25) is 5.91 Å². The quantitative estimate of drug-likeness (QED) is 0.438. The number of ether oxygens (including phenoxy) is 1.